The highest BCUT2D eigenvalue weighted by molar-refractivity contribution is 6.10. The summed E-state index contributed by atoms with van der Waals surface area (Å²) in [5.74, 6) is 0.954. The van der Waals surface area contributed by atoms with Crippen molar-refractivity contribution in [2.75, 3.05) is 0 Å². The molecule has 0 bridgehead atoms. The SMILES string of the molecule is C1=Cc2c(c(-c3ccc(-c4nc5ccccc5n4-c4ccccc4)cc3)c3ccccc3c2-c2ccc3ccccc3c2)CC1. The molecule has 0 atom stereocenters. The van der Waals surface area contributed by atoms with Crippen molar-refractivity contribution in [1.82, 2.24) is 9.55 Å². The molecule has 9 rings (SSSR count). The number of fused-ring (bicyclic) bond motifs is 4. The summed E-state index contributed by atoms with van der Waals surface area (Å²) < 4.78 is 2.27. The Bertz CT molecular complexity index is 2410. The molecule has 0 fully saturated rings. The monoisotopic (exact) mass is 574 g/mol. The summed E-state index contributed by atoms with van der Waals surface area (Å²) >= 11 is 0. The van der Waals surface area contributed by atoms with E-state index in [1.165, 1.54) is 54.9 Å². The Balaban J connectivity index is 1.23. The standard InChI is InChI=1S/C43H30N2/c1-2-14-34(15-3-1)45-40-21-11-10-20-39(40)44-43(45)31-25-23-30(24-26-31)41-35-16-6-8-18-37(35)42(38-19-9-7-17-36(38)41)33-27-22-29-12-4-5-13-32(29)28-33/h1-6,8-16,18-28H,7,17H2. The minimum Gasteiger partial charge on any atom is -0.292 e. The van der Waals surface area contributed by atoms with Gasteiger partial charge in [0.05, 0.1) is 11.0 Å². The zero-order chi connectivity index (χ0) is 29.7. The smallest absolute Gasteiger partial charge is 0.145 e. The highest BCUT2D eigenvalue weighted by atomic mass is 15.1. The molecule has 0 aliphatic heterocycles. The molecule has 0 unspecified atom stereocenters. The molecule has 0 radical (unpaired) electrons. The molecule has 1 aromatic heterocycles. The van der Waals surface area contributed by atoms with E-state index in [0.717, 1.165) is 41.0 Å². The van der Waals surface area contributed by atoms with Crippen LogP contribution in [-0.4, -0.2) is 9.55 Å². The van der Waals surface area contributed by atoms with Crippen molar-refractivity contribution < 1.29 is 0 Å². The molecular formula is C43H30N2. The quantitative estimate of drug-likeness (QED) is 0.204. The molecule has 1 heterocycles. The molecule has 1 aliphatic carbocycles. The summed E-state index contributed by atoms with van der Waals surface area (Å²) in [5, 5.41) is 5.14. The lowest BCUT2D eigenvalue weighted by Gasteiger charge is -2.24. The predicted octanol–water partition coefficient (Wildman–Crippen LogP) is 11.3. The average Bonchev–Trinajstić information content (AvgIpc) is 3.50. The van der Waals surface area contributed by atoms with E-state index in [2.05, 4.69) is 162 Å². The van der Waals surface area contributed by atoms with E-state index in [9.17, 15) is 0 Å². The lowest BCUT2D eigenvalue weighted by atomic mass is 9.80. The van der Waals surface area contributed by atoms with Gasteiger partial charge in [-0.25, -0.2) is 4.98 Å². The fourth-order valence-electron chi connectivity index (χ4n) is 7.21. The van der Waals surface area contributed by atoms with Crippen LogP contribution >= 0.6 is 0 Å². The Morgan fingerprint density at radius 1 is 0.533 bits per heavy atom. The van der Waals surface area contributed by atoms with Crippen LogP contribution in [0, 0.1) is 0 Å². The van der Waals surface area contributed by atoms with E-state index in [-0.39, 0.29) is 0 Å². The third-order valence-corrected chi connectivity index (χ3v) is 9.25. The molecule has 0 saturated heterocycles. The van der Waals surface area contributed by atoms with Gasteiger partial charge in [0.15, 0.2) is 0 Å². The number of aromatic nitrogens is 2. The number of benzene rings is 7. The van der Waals surface area contributed by atoms with Crippen LogP contribution in [0.2, 0.25) is 0 Å². The van der Waals surface area contributed by atoms with Crippen LogP contribution in [-0.2, 0) is 6.42 Å². The topological polar surface area (TPSA) is 17.8 Å². The van der Waals surface area contributed by atoms with Crippen molar-refractivity contribution in [3.05, 3.63) is 163 Å². The molecule has 2 nitrogen and oxygen atoms in total. The number of nitrogens with zero attached hydrogens (tertiary/aromatic N) is 2. The van der Waals surface area contributed by atoms with Gasteiger partial charge in [0.1, 0.15) is 5.82 Å². The Morgan fingerprint density at radius 2 is 1.20 bits per heavy atom. The lowest BCUT2D eigenvalue weighted by molar-refractivity contribution is 0.991. The van der Waals surface area contributed by atoms with Crippen molar-refractivity contribution in [3.8, 4) is 39.3 Å². The first-order valence-electron chi connectivity index (χ1n) is 15.7. The van der Waals surface area contributed by atoms with E-state index < -0.39 is 0 Å². The van der Waals surface area contributed by atoms with Gasteiger partial charge in [-0.05, 0) is 98.1 Å². The number of allylic oxidation sites excluding steroid dienone is 1. The molecule has 0 amide bonds. The number of rotatable bonds is 4. The van der Waals surface area contributed by atoms with Crippen LogP contribution in [0.4, 0.5) is 0 Å². The zero-order valence-corrected chi connectivity index (χ0v) is 24.8. The van der Waals surface area contributed by atoms with Crippen LogP contribution in [0.3, 0.4) is 0 Å². The van der Waals surface area contributed by atoms with Crippen LogP contribution in [0.25, 0.3) is 78.0 Å². The van der Waals surface area contributed by atoms with Crippen LogP contribution in [0.1, 0.15) is 17.5 Å². The van der Waals surface area contributed by atoms with Gasteiger partial charge in [0.2, 0.25) is 0 Å². The molecule has 7 aromatic carbocycles. The fourth-order valence-corrected chi connectivity index (χ4v) is 7.21. The van der Waals surface area contributed by atoms with Gasteiger partial charge in [-0.15, -0.1) is 0 Å². The highest BCUT2D eigenvalue weighted by Crippen LogP contribution is 2.45. The molecule has 8 aromatic rings. The molecule has 0 saturated carbocycles. The lowest BCUT2D eigenvalue weighted by Crippen LogP contribution is -2.02. The van der Waals surface area contributed by atoms with E-state index >= 15 is 0 Å². The Kier molecular flexibility index (Phi) is 5.99. The Morgan fingerprint density at radius 3 is 2.04 bits per heavy atom. The number of hydrogen-bond donors (Lipinski definition) is 0. The maximum absolute atomic E-state index is 5.10. The average molecular weight is 575 g/mol. The van der Waals surface area contributed by atoms with Crippen LogP contribution in [0.15, 0.2) is 152 Å². The second-order valence-electron chi connectivity index (χ2n) is 11.9. The minimum absolute atomic E-state index is 0.954. The van der Waals surface area contributed by atoms with Crippen molar-refractivity contribution in [2.45, 2.75) is 12.8 Å². The zero-order valence-electron chi connectivity index (χ0n) is 24.8. The Labute approximate surface area is 262 Å². The third-order valence-electron chi connectivity index (χ3n) is 9.25. The van der Waals surface area contributed by atoms with Gasteiger partial charge < -0.3 is 0 Å². The summed E-state index contributed by atoms with van der Waals surface area (Å²) in [4.78, 5) is 5.10. The van der Waals surface area contributed by atoms with Gasteiger partial charge in [-0.1, -0.05) is 127 Å². The van der Waals surface area contributed by atoms with Crippen molar-refractivity contribution in [3.63, 3.8) is 0 Å². The highest BCUT2D eigenvalue weighted by Gasteiger charge is 2.22. The van der Waals surface area contributed by atoms with E-state index in [1.54, 1.807) is 0 Å². The first kappa shape index (κ1) is 25.7. The second-order valence-corrected chi connectivity index (χ2v) is 11.9. The first-order valence-corrected chi connectivity index (χ1v) is 15.7. The van der Waals surface area contributed by atoms with Gasteiger partial charge in [-0.2, -0.15) is 0 Å². The Hall–Kier alpha value is -5.73. The minimum atomic E-state index is 0.954. The molecule has 212 valence electrons. The summed E-state index contributed by atoms with van der Waals surface area (Å²) in [6.45, 7) is 0. The second kappa shape index (κ2) is 10.5. The van der Waals surface area contributed by atoms with Crippen molar-refractivity contribution in [2.24, 2.45) is 0 Å². The molecule has 1 aliphatic rings. The number of para-hydroxylation sites is 3. The summed E-state index contributed by atoms with van der Waals surface area (Å²) in [7, 11) is 0. The summed E-state index contributed by atoms with van der Waals surface area (Å²) in [5.41, 5.74) is 12.3. The molecular weight excluding hydrogens is 544 g/mol. The summed E-state index contributed by atoms with van der Waals surface area (Å²) in [6.07, 6.45) is 6.77. The number of hydrogen-bond acceptors (Lipinski definition) is 1. The normalized spacial score (nSPS) is 12.6. The maximum Gasteiger partial charge on any atom is 0.145 e. The van der Waals surface area contributed by atoms with E-state index in [0.29, 0.717) is 0 Å². The van der Waals surface area contributed by atoms with Gasteiger partial charge in [-0.3, -0.25) is 4.57 Å². The molecule has 2 heteroatoms. The number of imidazole rings is 1. The maximum atomic E-state index is 5.10. The van der Waals surface area contributed by atoms with E-state index in [1.807, 2.05) is 0 Å². The van der Waals surface area contributed by atoms with Crippen LogP contribution in [0.5, 0.6) is 0 Å². The van der Waals surface area contributed by atoms with E-state index in [4.69, 9.17) is 4.98 Å². The van der Waals surface area contributed by atoms with Crippen molar-refractivity contribution >= 4 is 38.7 Å². The predicted molar refractivity (Wildman–Crippen MR) is 190 cm³/mol. The van der Waals surface area contributed by atoms with Gasteiger partial charge in [0.25, 0.3) is 0 Å². The molecule has 45 heavy (non-hydrogen) atoms. The largest absolute Gasteiger partial charge is 0.292 e. The summed E-state index contributed by atoms with van der Waals surface area (Å²) in [6, 6.07) is 52.5. The van der Waals surface area contributed by atoms with Crippen molar-refractivity contribution in [1.29, 1.82) is 0 Å². The third kappa shape index (κ3) is 4.22. The molecule has 0 N–H and O–H groups in total. The van der Waals surface area contributed by atoms with Gasteiger partial charge in [0, 0.05) is 11.3 Å². The van der Waals surface area contributed by atoms with Crippen LogP contribution < -0.4 is 0 Å². The fraction of sp³-hybridized carbons (Fsp3) is 0.0465. The van der Waals surface area contributed by atoms with Gasteiger partial charge >= 0.3 is 0 Å². The molecule has 0 spiro atoms. The first-order chi connectivity index (χ1) is 22.3.